The summed E-state index contributed by atoms with van der Waals surface area (Å²) in [5, 5.41) is 14.4. The van der Waals surface area contributed by atoms with Gasteiger partial charge in [0.1, 0.15) is 27.0 Å². The second kappa shape index (κ2) is 11.8. The maximum absolute atomic E-state index is 13.7. The highest BCUT2D eigenvalue weighted by atomic mass is 35.5. The zero-order chi connectivity index (χ0) is 30.1. The maximum Gasteiger partial charge on any atom is 0.408 e. The number of aryl methyl sites for hydroxylation is 1. The number of halogens is 1. The minimum Gasteiger partial charge on any atom is -0.444 e. The van der Waals surface area contributed by atoms with Crippen molar-refractivity contribution < 1.29 is 18.7 Å². The average molecular weight is 609 g/mol. The molecule has 1 aliphatic heterocycles. The molecule has 0 bridgehead atoms. The number of pyridine rings is 1. The van der Waals surface area contributed by atoms with Gasteiger partial charge in [-0.1, -0.05) is 41.9 Å². The normalized spacial score (nSPS) is 16.7. The van der Waals surface area contributed by atoms with Crippen LogP contribution in [-0.2, 0) is 16.7 Å². The van der Waals surface area contributed by atoms with Gasteiger partial charge in [-0.05, 0) is 65.2 Å². The van der Waals surface area contributed by atoms with Gasteiger partial charge in [0.15, 0.2) is 0 Å². The molecule has 1 N–H and O–H groups in total. The third-order valence-corrected chi connectivity index (χ3v) is 8.03. The van der Waals surface area contributed by atoms with Crippen LogP contribution in [-0.4, -0.2) is 49.2 Å². The summed E-state index contributed by atoms with van der Waals surface area (Å²) in [7, 11) is 0. The fraction of sp³-hybridized carbons (Fsp3) is 0.400. The molecule has 2 amide bonds. The van der Waals surface area contributed by atoms with Crippen LogP contribution in [0, 0.1) is 6.92 Å². The van der Waals surface area contributed by atoms with Gasteiger partial charge in [-0.2, -0.15) is 0 Å². The molecule has 0 saturated carbocycles. The first-order valence-electron chi connectivity index (χ1n) is 13.7. The number of hydrogen-bond donors (Lipinski definition) is 1. The predicted molar refractivity (Wildman–Crippen MR) is 159 cm³/mol. The summed E-state index contributed by atoms with van der Waals surface area (Å²) in [6.07, 6.45) is 1.47. The molecule has 5 rings (SSSR count). The minimum absolute atomic E-state index is 0.0698. The first kappa shape index (κ1) is 29.7. The van der Waals surface area contributed by atoms with Gasteiger partial charge >= 0.3 is 6.09 Å². The fourth-order valence-electron chi connectivity index (χ4n) is 4.94. The standard InChI is InChI=1S/C30H33ClN6O4S/c1-18-17-42-25(32-18)22-12-9-13-37(22)26(38)20-14-21(33-23(31)15-20)24-35-36-27(40-24)30(5,16-19-10-7-6-8-11-19)34-28(39)41-29(2,3)4/h6-8,10-11,14-15,17,22H,9,12-13,16H2,1-5H3,(H,34,39)/t22-,30-/m1/s1. The van der Waals surface area contributed by atoms with Crippen molar-refractivity contribution in [3.63, 3.8) is 0 Å². The van der Waals surface area contributed by atoms with E-state index in [4.69, 9.17) is 20.8 Å². The topological polar surface area (TPSA) is 123 Å². The number of alkyl carbamates (subject to hydrolysis) is 1. The number of nitrogens with zero attached hydrogens (tertiary/aromatic N) is 5. The SMILES string of the molecule is Cc1csc([C@H]2CCCN2C(=O)c2cc(Cl)nc(-c3nnc([C@@](C)(Cc4ccccc4)NC(=O)OC(C)(C)C)o3)c2)n1. The largest absolute Gasteiger partial charge is 0.444 e. The molecular weight excluding hydrogens is 576 g/mol. The molecule has 0 radical (unpaired) electrons. The van der Waals surface area contributed by atoms with Crippen LogP contribution in [0.3, 0.4) is 0 Å². The van der Waals surface area contributed by atoms with Gasteiger partial charge in [0.2, 0.25) is 5.89 Å². The lowest BCUT2D eigenvalue weighted by atomic mass is 9.92. The highest BCUT2D eigenvalue weighted by Crippen LogP contribution is 2.36. The van der Waals surface area contributed by atoms with Crippen molar-refractivity contribution in [1.82, 2.24) is 30.4 Å². The van der Waals surface area contributed by atoms with Crippen molar-refractivity contribution in [2.75, 3.05) is 6.54 Å². The van der Waals surface area contributed by atoms with Crippen molar-refractivity contribution in [2.45, 2.75) is 71.1 Å². The highest BCUT2D eigenvalue weighted by Gasteiger charge is 2.37. The van der Waals surface area contributed by atoms with E-state index in [9.17, 15) is 9.59 Å². The molecule has 2 atom stereocenters. The molecule has 4 heterocycles. The monoisotopic (exact) mass is 608 g/mol. The molecule has 1 fully saturated rings. The van der Waals surface area contributed by atoms with E-state index in [2.05, 4.69) is 25.5 Å². The number of amides is 2. The smallest absolute Gasteiger partial charge is 0.408 e. The van der Waals surface area contributed by atoms with Crippen LogP contribution in [0.2, 0.25) is 5.15 Å². The zero-order valence-corrected chi connectivity index (χ0v) is 25.8. The van der Waals surface area contributed by atoms with Gasteiger partial charge in [0.05, 0.1) is 6.04 Å². The summed E-state index contributed by atoms with van der Waals surface area (Å²) in [5.41, 5.74) is 0.698. The van der Waals surface area contributed by atoms with E-state index >= 15 is 0 Å². The van der Waals surface area contributed by atoms with Crippen LogP contribution in [0.15, 0.2) is 52.3 Å². The third kappa shape index (κ3) is 6.79. The molecule has 12 heteroatoms. The summed E-state index contributed by atoms with van der Waals surface area (Å²) in [5.74, 6) is 0.0529. The molecular formula is C30H33ClN6O4S. The second-order valence-corrected chi connectivity index (χ2v) is 12.9. The summed E-state index contributed by atoms with van der Waals surface area (Å²) >= 11 is 7.95. The molecule has 1 aliphatic rings. The molecule has 0 aliphatic carbocycles. The molecule has 1 saturated heterocycles. The summed E-state index contributed by atoms with van der Waals surface area (Å²) in [4.78, 5) is 37.3. The minimum atomic E-state index is -1.11. The lowest BCUT2D eigenvalue weighted by Crippen LogP contribution is -2.47. The fourth-order valence-corrected chi connectivity index (χ4v) is 6.09. The predicted octanol–water partition coefficient (Wildman–Crippen LogP) is 6.51. The number of carbonyl (C=O) groups excluding carboxylic acids is 2. The van der Waals surface area contributed by atoms with Gasteiger partial charge in [-0.25, -0.2) is 14.8 Å². The van der Waals surface area contributed by atoms with Gasteiger partial charge in [0, 0.05) is 29.6 Å². The van der Waals surface area contributed by atoms with E-state index in [-0.39, 0.29) is 34.6 Å². The molecule has 10 nitrogen and oxygen atoms in total. The van der Waals surface area contributed by atoms with Crippen LogP contribution in [0.5, 0.6) is 0 Å². The van der Waals surface area contributed by atoms with Crippen molar-refractivity contribution >= 4 is 34.9 Å². The number of carbonyl (C=O) groups is 2. The lowest BCUT2D eigenvalue weighted by Gasteiger charge is -2.29. The van der Waals surface area contributed by atoms with Crippen molar-refractivity contribution in [3.8, 4) is 11.6 Å². The Morgan fingerprint density at radius 2 is 1.90 bits per heavy atom. The van der Waals surface area contributed by atoms with Crippen molar-refractivity contribution in [3.05, 3.63) is 80.7 Å². The Morgan fingerprint density at radius 1 is 1.14 bits per heavy atom. The molecule has 4 aromatic rings. The van der Waals surface area contributed by atoms with Gasteiger partial charge in [0.25, 0.3) is 11.8 Å². The highest BCUT2D eigenvalue weighted by molar-refractivity contribution is 7.09. The van der Waals surface area contributed by atoms with Gasteiger partial charge < -0.3 is 19.4 Å². The second-order valence-electron chi connectivity index (χ2n) is 11.6. The van der Waals surface area contributed by atoms with E-state index in [1.807, 2.05) is 47.5 Å². The summed E-state index contributed by atoms with van der Waals surface area (Å²) < 4.78 is 11.6. The summed E-state index contributed by atoms with van der Waals surface area (Å²) in [6, 6.07) is 12.7. The molecule has 0 spiro atoms. The first-order valence-corrected chi connectivity index (χ1v) is 15.0. The molecule has 220 valence electrons. The lowest BCUT2D eigenvalue weighted by molar-refractivity contribution is 0.0443. The van der Waals surface area contributed by atoms with Gasteiger partial charge in [-0.15, -0.1) is 21.5 Å². The average Bonchev–Trinajstić information content (AvgIpc) is 3.68. The van der Waals surface area contributed by atoms with Crippen LogP contribution in [0.25, 0.3) is 11.6 Å². The number of hydrogen-bond acceptors (Lipinski definition) is 9. The Labute approximate surface area is 253 Å². The number of rotatable bonds is 7. The Bertz CT molecular complexity index is 1580. The van der Waals surface area contributed by atoms with Crippen LogP contribution < -0.4 is 5.32 Å². The number of likely N-dealkylation sites (tertiary alicyclic amines) is 1. The molecule has 0 unspecified atom stereocenters. The number of benzene rings is 1. The van der Waals surface area contributed by atoms with E-state index in [1.54, 1.807) is 45.1 Å². The van der Waals surface area contributed by atoms with E-state index < -0.39 is 17.2 Å². The maximum atomic E-state index is 13.7. The quantitative estimate of drug-likeness (QED) is 0.236. The van der Waals surface area contributed by atoms with Crippen LogP contribution >= 0.6 is 22.9 Å². The Balaban J connectivity index is 1.44. The van der Waals surface area contributed by atoms with E-state index in [0.29, 0.717) is 18.5 Å². The van der Waals surface area contributed by atoms with Crippen molar-refractivity contribution in [2.24, 2.45) is 0 Å². The Kier molecular flexibility index (Phi) is 8.34. The zero-order valence-electron chi connectivity index (χ0n) is 24.2. The number of thiazole rings is 1. The van der Waals surface area contributed by atoms with Crippen LogP contribution in [0.1, 0.15) is 79.1 Å². The number of nitrogens with one attached hydrogen (secondary N) is 1. The van der Waals surface area contributed by atoms with E-state index in [1.165, 1.54) is 6.07 Å². The first-order chi connectivity index (χ1) is 19.9. The summed E-state index contributed by atoms with van der Waals surface area (Å²) in [6.45, 7) is 9.72. The molecule has 1 aromatic carbocycles. The number of ether oxygens (including phenoxy) is 1. The molecule has 3 aromatic heterocycles. The van der Waals surface area contributed by atoms with Crippen molar-refractivity contribution in [1.29, 1.82) is 0 Å². The molecule has 42 heavy (non-hydrogen) atoms. The Morgan fingerprint density at radius 3 is 2.60 bits per heavy atom. The Hall–Kier alpha value is -3.83. The van der Waals surface area contributed by atoms with E-state index in [0.717, 1.165) is 29.1 Å². The third-order valence-electron chi connectivity index (χ3n) is 6.77. The number of aromatic nitrogens is 4. The van der Waals surface area contributed by atoms with Crippen LogP contribution in [0.4, 0.5) is 4.79 Å². The van der Waals surface area contributed by atoms with Gasteiger partial charge in [-0.3, -0.25) is 4.79 Å².